The number of carbonyl (C=O) groups excluding carboxylic acids is 1. The van der Waals surface area contributed by atoms with E-state index in [9.17, 15) is 4.79 Å². The van der Waals surface area contributed by atoms with Crippen LogP contribution in [0.1, 0.15) is 56.1 Å². The first-order valence-corrected chi connectivity index (χ1v) is 10.3. The van der Waals surface area contributed by atoms with E-state index in [0.29, 0.717) is 10.8 Å². The average molecular weight is 370 g/mol. The molecule has 0 spiro atoms. The standard InChI is InChI=1S/C21H27N3OS/c1-15-13-18(23-11-5-6-12-23)10-9-16(15)14-19-20(25)24(21(26)22-19)17-7-3-2-4-8-17/h9-10,13-14,17H,2-8,11-12H2,1H3,(H,22,26)/b19-14-. The zero-order valence-corrected chi connectivity index (χ0v) is 16.3. The molecule has 3 aliphatic rings. The number of nitrogens with one attached hydrogen (secondary N) is 1. The third-order valence-corrected chi connectivity index (χ3v) is 6.17. The van der Waals surface area contributed by atoms with Gasteiger partial charge >= 0.3 is 0 Å². The van der Waals surface area contributed by atoms with Gasteiger partial charge in [-0.25, -0.2) is 0 Å². The van der Waals surface area contributed by atoms with Crippen LogP contribution in [0.3, 0.4) is 0 Å². The minimum absolute atomic E-state index is 0.0323. The predicted molar refractivity (Wildman–Crippen MR) is 110 cm³/mol. The van der Waals surface area contributed by atoms with Gasteiger partial charge in [0.05, 0.1) is 0 Å². The molecule has 1 saturated carbocycles. The minimum atomic E-state index is 0.0323. The van der Waals surface area contributed by atoms with Crippen molar-refractivity contribution in [1.29, 1.82) is 0 Å². The molecule has 1 N–H and O–H groups in total. The molecule has 1 aliphatic carbocycles. The Hall–Kier alpha value is -1.88. The Labute approximate surface area is 161 Å². The smallest absolute Gasteiger partial charge is 0.276 e. The highest BCUT2D eigenvalue weighted by molar-refractivity contribution is 7.80. The van der Waals surface area contributed by atoms with Crippen LogP contribution >= 0.6 is 12.2 Å². The lowest BCUT2D eigenvalue weighted by Gasteiger charge is -2.29. The summed E-state index contributed by atoms with van der Waals surface area (Å²) in [5.74, 6) is 0.0323. The largest absolute Gasteiger partial charge is 0.372 e. The Bertz CT molecular complexity index is 746. The lowest BCUT2D eigenvalue weighted by molar-refractivity contribution is -0.124. The van der Waals surface area contributed by atoms with Crippen molar-refractivity contribution in [3.63, 3.8) is 0 Å². The number of carbonyl (C=O) groups is 1. The van der Waals surface area contributed by atoms with E-state index in [4.69, 9.17) is 12.2 Å². The Morgan fingerprint density at radius 2 is 1.85 bits per heavy atom. The summed E-state index contributed by atoms with van der Waals surface area (Å²) in [6.45, 7) is 4.40. The molecule has 2 aliphatic heterocycles. The highest BCUT2D eigenvalue weighted by atomic mass is 32.1. The maximum absolute atomic E-state index is 12.9. The van der Waals surface area contributed by atoms with E-state index < -0.39 is 0 Å². The molecule has 2 saturated heterocycles. The quantitative estimate of drug-likeness (QED) is 0.646. The summed E-state index contributed by atoms with van der Waals surface area (Å²) in [7, 11) is 0. The number of thiocarbonyl (C=S) groups is 1. The van der Waals surface area contributed by atoms with E-state index in [1.807, 2.05) is 11.0 Å². The van der Waals surface area contributed by atoms with Gasteiger partial charge in [0.15, 0.2) is 5.11 Å². The van der Waals surface area contributed by atoms with Gasteiger partial charge in [0, 0.05) is 24.8 Å². The number of benzene rings is 1. The molecule has 4 nitrogen and oxygen atoms in total. The first kappa shape index (κ1) is 17.5. The summed E-state index contributed by atoms with van der Waals surface area (Å²) < 4.78 is 0. The van der Waals surface area contributed by atoms with Crippen molar-refractivity contribution in [2.24, 2.45) is 0 Å². The number of hydrogen-bond acceptors (Lipinski definition) is 3. The Morgan fingerprint density at radius 1 is 1.12 bits per heavy atom. The molecule has 1 aromatic carbocycles. The van der Waals surface area contributed by atoms with Gasteiger partial charge in [0.1, 0.15) is 5.70 Å². The van der Waals surface area contributed by atoms with Crippen LogP contribution < -0.4 is 10.2 Å². The van der Waals surface area contributed by atoms with Gasteiger partial charge in [0.25, 0.3) is 5.91 Å². The fraction of sp³-hybridized carbons (Fsp3) is 0.524. The van der Waals surface area contributed by atoms with Gasteiger partial charge in [-0.05, 0) is 74.2 Å². The first-order chi connectivity index (χ1) is 12.6. The van der Waals surface area contributed by atoms with Gasteiger partial charge < -0.3 is 10.2 Å². The van der Waals surface area contributed by atoms with E-state index in [2.05, 4.69) is 35.3 Å². The fourth-order valence-electron chi connectivity index (χ4n) is 4.37. The van der Waals surface area contributed by atoms with Gasteiger partial charge in [-0.15, -0.1) is 0 Å². The summed E-state index contributed by atoms with van der Waals surface area (Å²) in [5.41, 5.74) is 4.17. The Balaban J connectivity index is 1.54. The number of aryl methyl sites for hydroxylation is 1. The Kier molecular flexibility index (Phi) is 4.98. The van der Waals surface area contributed by atoms with Crippen molar-refractivity contribution in [3.8, 4) is 0 Å². The molecule has 1 amide bonds. The van der Waals surface area contributed by atoms with Crippen molar-refractivity contribution in [2.75, 3.05) is 18.0 Å². The van der Waals surface area contributed by atoms with Crippen LogP contribution in [0.4, 0.5) is 5.69 Å². The molecule has 138 valence electrons. The van der Waals surface area contributed by atoms with Crippen molar-refractivity contribution in [1.82, 2.24) is 10.2 Å². The summed E-state index contributed by atoms with van der Waals surface area (Å²) in [6.07, 6.45) is 10.3. The van der Waals surface area contributed by atoms with Gasteiger partial charge in [-0.3, -0.25) is 9.69 Å². The van der Waals surface area contributed by atoms with E-state index in [1.54, 1.807) is 0 Å². The van der Waals surface area contributed by atoms with E-state index in [1.165, 1.54) is 43.4 Å². The monoisotopic (exact) mass is 369 g/mol. The van der Waals surface area contributed by atoms with Crippen LogP contribution in [0.2, 0.25) is 0 Å². The molecule has 3 fully saturated rings. The highest BCUT2D eigenvalue weighted by Gasteiger charge is 2.36. The zero-order chi connectivity index (χ0) is 18.1. The lowest BCUT2D eigenvalue weighted by Crippen LogP contribution is -2.41. The maximum Gasteiger partial charge on any atom is 0.276 e. The summed E-state index contributed by atoms with van der Waals surface area (Å²) >= 11 is 5.46. The number of rotatable bonds is 3. The highest BCUT2D eigenvalue weighted by Crippen LogP contribution is 2.28. The van der Waals surface area contributed by atoms with Crippen molar-refractivity contribution >= 4 is 35.0 Å². The molecule has 5 heteroatoms. The number of hydrogen-bond donors (Lipinski definition) is 1. The lowest BCUT2D eigenvalue weighted by atomic mass is 9.94. The number of anilines is 1. The summed E-state index contributed by atoms with van der Waals surface area (Å²) in [6, 6.07) is 6.79. The maximum atomic E-state index is 12.9. The van der Waals surface area contributed by atoms with Crippen LogP contribution in [0.25, 0.3) is 6.08 Å². The Morgan fingerprint density at radius 3 is 2.54 bits per heavy atom. The summed E-state index contributed by atoms with van der Waals surface area (Å²) in [4.78, 5) is 17.2. The summed E-state index contributed by atoms with van der Waals surface area (Å²) in [5, 5.41) is 3.72. The van der Waals surface area contributed by atoms with E-state index in [-0.39, 0.29) is 11.9 Å². The second kappa shape index (κ2) is 7.39. The first-order valence-electron chi connectivity index (χ1n) is 9.85. The molecule has 0 unspecified atom stereocenters. The van der Waals surface area contributed by atoms with Crippen LogP contribution in [-0.4, -0.2) is 35.1 Å². The molecule has 0 radical (unpaired) electrons. The van der Waals surface area contributed by atoms with Crippen molar-refractivity contribution in [2.45, 2.75) is 57.9 Å². The topological polar surface area (TPSA) is 35.6 Å². The molecule has 26 heavy (non-hydrogen) atoms. The molecule has 0 bridgehead atoms. The molecule has 2 heterocycles. The molecule has 0 atom stereocenters. The minimum Gasteiger partial charge on any atom is -0.372 e. The van der Waals surface area contributed by atoms with Crippen LogP contribution in [0.15, 0.2) is 23.9 Å². The molecular weight excluding hydrogens is 342 g/mol. The SMILES string of the molecule is Cc1cc(N2CCCC2)ccc1/C=C1\NC(=S)N(C2CCCCC2)C1=O. The zero-order valence-electron chi connectivity index (χ0n) is 15.5. The molecule has 1 aromatic rings. The second-order valence-corrected chi connectivity index (χ2v) is 8.08. The van der Waals surface area contributed by atoms with E-state index in [0.717, 1.165) is 31.5 Å². The molecular formula is C21H27N3OS. The van der Waals surface area contributed by atoms with Crippen LogP contribution in [0, 0.1) is 6.92 Å². The average Bonchev–Trinajstić information content (AvgIpc) is 3.26. The van der Waals surface area contributed by atoms with Gasteiger partial charge in [0.2, 0.25) is 0 Å². The molecule has 4 rings (SSSR count). The van der Waals surface area contributed by atoms with Crippen LogP contribution in [0.5, 0.6) is 0 Å². The normalized spacial score (nSPS) is 23.2. The van der Waals surface area contributed by atoms with Gasteiger partial charge in [-0.2, -0.15) is 0 Å². The van der Waals surface area contributed by atoms with Crippen LogP contribution in [-0.2, 0) is 4.79 Å². The van der Waals surface area contributed by atoms with Crippen molar-refractivity contribution < 1.29 is 4.79 Å². The number of nitrogens with zero attached hydrogens (tertiary/aromatic N) is 2. The fourth-order valence-corrected chi connectivity index (χ4v) is 4.71. The van der Waals surface area contributed by atoms with E-state index >= 15 is 0 Å². The molecule has 0 aromatic heterocycles. The van der Waals surface area contributed by atoms with Crippen molar-refractivity contribution in [3.05, 3.63) is 35.0 Å². The second-order valence-electron chi connectivity index (χ2n) is 7.69. The van der Waals surface area contributed by atoms with Gasteiger partial charge in [-0.1, -0.05) is 25.3 Å². The predicted octanol–water partition coefficient (Wildman–Crippen LogP) is 3.99. The third-order valence-electron chi connectivity index (χ3n) is 5.87. The third kappa shape index (κ3) is 3.37. The number of amides is 1.